The lowest BCUT2D eigenvalue weighted by atomic mass is 10.1. The van der Waals surface area contributed by atoms with Crippen molar-refractivity contribution in [1.29, 1.82) is 0 Å². The largest absolute Gasteiger partial charge is 0.354 e. The van der Waals surface area contributed by atoms with E-state index in [0.717, 1.165) is 21.3 Å². The van der Waals surface area contributed by atoms with E-state index in [1.54, 1.807) is 0 Å². The first-order valence-electron chi connectivity index (χ1n) is 5.80. The van der Waals surface area contributed by atoms with Crippen LogP contribution < -0.4 is 4.90 Å². The quantitative estimate of drug-likeness (QED) is 0.805. The highest BCUT2D eigenvalue weighted by atomic mass is 79.9. The normalized spacial score (nSPS) is 21.5. The summed E-state index contributed by atoms with van der Waals surface area (Å²) in [5.41, 5.74) is 0. The third-order valence-corrected chi connectivity index (χ3v) is 4.29. The second kappa shape index (κ2) is 5.67. The predicted octanol–water partition coefficient (Wildman–Crippen LogP) is 3.14. The molecule has 1 aromatic rings. The van der Waals surface area contributed by atoms with Gasteiger partial charge in [0.25, 0.3) is 0 Å². The third kappa shape index (κ3) is 3.20. The smallest absolute Gasteiger partial charge is 0.142 e. The van der Waals surface area contributed by atoms with Crippen molar-refractivity contribution in [1.82, 2.24) is 9.88 Å². The molecule has 0 aromatic carbocycles. The molecule has 1 aliphatic rings. The van der Waals surface area contributed by atoms with E-state index < -0.39 is 0 Å². The van der Waals surface area contributed by atoms with Crippen molar-refractivity contribution in [3.8, 4) is 0 Å². The van der Waals surface area contributed by atoms with Crippen LogP contribution in [0.15, 0.2) is 21.2 Å². The van der Waals surface area contributed by atoms with Gasteiger partial charge in [-0.25, -0.2) is 4.98 Å². The minimum absolute atomic E-state index is 0.554. The van der Waals surface area contributed by atoms with Crippen molar-refractivity contribution in [2.45, 2.75) is 18.9 Å². The maximum Gasteiger partial charge on any atom is 0.142 e. The molecule has 0 amide bonds. The molecule has 0 aliphatic carbocycles. The highest BCUT2D eigenvalue weighted by Crippen LogP contribution is 2.28. The number of hydrogen-bond donors (Lipinski definition) is 0. The molecule has 0 bridgehead atoms. The standard InChI is InChI=1S/C12H17Br2N3/c1-16-5-3-4-10(8-16)17(2)12-11(14)6-9(13)7-15-12/h6-7,10H,3-5,8H2,1-2H3. The van der Waals surface area contributed by atoms with E-state index in [1.165, 1.54) is 19.4 Å². The lowest BCUT2D eigenvalue weighted by Crippen LogP contribution is -2.45. The minimum Gasteiger partial charge on any atom is -0.354 e. The Balaban J connectivity index is 2.15. The van der Waals surface area contributed by atoms with E-state index in [2.05, 4.69) is 60.7 Å². The first-order chi connectivity index (χ1) is 8.08. The number of likely N-dealkylation sites (tertiary alicyclic amines) is 1. The number of halogens is 2. The second-order valence-electron chi connectivity index (χ2n) is 4.63. The fourth-order valence-electron chi connectivity index (χ4n) is 2.30. The van der Waals surface area contributed by atoms with E-state index in [1.807, 2.05) is 12.3 Å². The van der Waals surface area contributed by atoms with Crippen LogP contribution in [0.25, 0.3) is 0 Å². The van der Waals surface area contributed by atoms with Gasteiger partial charge >= 0.3 is 0 Å². The van der Waals surface area contributed by atoms with Crippen molar-refractivity contribution < 1.29 is 0 Å². The maximum absolute atomic E-state index is 4.49. The summed E-state index contributed by atoms with van der Waals surface area (Å²) in [6.45, 7) is 2.32. The Kier molecular flexibility index (Phi) is 4.44. The van der Waals surface area contributed by atoms with Crippen LogP contribution >= 0.6 is 31.9 Å². The zero-order chi connectivity index (χ0) is 12.4. The van der Waals surface area contributed by atoms with E-state index in [-0.39, 0.29) is 0 Å². The van der Waals surface area contributed by atoms with Crippen molar-refractivity contribution in [2.24, 2.45) is 0 Å². The molecule has 1 atom stereocenters. The Labute approximate surface area is 119 Å². The van der Waals surface area contributed by atoms with Gasteiger partial charge in [0.15, 0.2) is 0 Å². The summed E-state index contributed by atoms with van der Waals surface area (Å²) in [4.78, 5) is 9.16. The average molecular weight is 363 g/mol. The summed E-state index contributed by atoms with van der Waals surface area (Å²) < 4.78 is 2.05. The monoisotopic (exact) mass is 361 g/mol. The van der Waals surface area contributed by atoms with Crippen LogP contribution in [0.3, 0.4) is 0 Å². The Morgan fingerprint density at radius 3 is 2.88 bits per heavy atom. The molecule has 1 unspecified atom stereocenters. The van der Waals surface area contributed by atoms with Gasteiger partial charge in [0.2, 0.25) is 0 Å². The Hall–Kier alpha value is -0.130. The topological polar surface area (TPSA) is 19.4 Å². The number of hydrogen-bond acceptors (Lipinski definition) is 3. The molecule has 94 valence electrons. The predicted molar refractivity (Wildman–Crippen MR) is 78.6 cm³/mol. The number of aromatic nitrogens is 1. The zero-order valence-electron chi connectivity index (χ0n) is 10.2. The molecule has 1 fully saturated rings. The van der Waals surface area contributed by atoms with Crippen molar-refractivity contribution in [3.63, 3.8) is 0 Å². The van der Waals surface area contributed by atoms with Gasteiger partial charge in [-0.3, -0.25) is 0 Å². The number of likely N-dealkylation sites (N-methyl/N-ethyl adjacent to an activating group) is 2. The molecule has 3 nitrogen and oxygen atoms in total. The molecule has 5 heteroatoms. The first kappa shape index (κ1) is 13.3. The fraction of sp³-hybridized carbons (Fsp3) is 0.583. The second-order valence-corrected chi connectivity index (χ2v) is 6.40. The molecule has 0 N–H and O–H groups in total. The zero-order valence-corrected chi connectivity index (χ0v) is 13.3. The van der Waals surface area contributed by atoms with Gasteiger partial charge in [0, 0.05) is 30.3 Å². The maximum atomic E-state index is 4.49. The van der Waals surface area contributed by atoms with Gasteiger partial charge in [0.05, 0.1) is 4.47 Å². The van der Waals surface area contributed by atoms with Gasteiger partial charge in [-0.15, -0.1) is 0 Å². The van der Waals surface area contributed by atoms with E-state index in [9.17, 15) is 0 Å². The Morgan fingerprint density at radius 2 is 2.24 bits per heavy atom. The van der Waals surface area contributed by atoms with Crippen LogP contribution in [0.4, 0.5) is 5.82 Å². The third-order valence-electron chi connectivity index (χ3n) is 3.27. The lowest BCUT2D eigenvalue weighted by molar-refractivity contribution is 0.247. The Bertz CT molecular complexity index is 397. The summed E-state index contributed by atoms with van der Waals surface area (Å²) in [5, 5.41) is 0. The van der Waals surface area contributed by atoms with Crippen molar-refractivity contribution >= 4 is 37.7 Å². The van der Waals surface area contributed by atoms with Gasteiger partial charge in [-0.05, 0) is 64.4 Å². The van der Waals surface area contributed by atoms with Crippen LogP contribution in [-0.4, -0.2) is 43.1 Å². The van der Waals surface area contributed by atoms with Gasteiger partial charge in [-0.1, -0.05) is 0 Å². The summed E-state index contributed by atoms with van der Waals surface area (Å²) >= 11 is 7.01. The van der Waals surface area contributed by atoms with Crippen molar-refractivity contribution in [2.75, 3.05) is 32.1 Å². The summed E-state index contributed by atoms with van der Waals surface area (Å²) in [6, 6.07) is 2.60. The minimum atomic E-state index is 0.554. The van der Waals surface area contributed by atoms with Crippen LogP contribution in [0.5, 0.6) is 0 Å². The molecule has 0 saturated carbocycles. The van der Waals surface area contributed by atoms with Crippen LogP contribution in [-0.2, 0) is 0 Å². The SMILES string of the molecule is CN1CCCC(N(C)c2ncc(Br)cc2Br)C1. The number of nitrogens with zero attached hydrogens (tertiary/aromatic N) is 3. The molecule has 1 aromatic heterocycles. The molecule has 2 rings (SSSR count). The number of rotatable bonds is 2. The molecule has 2 heterocycles. The highest BCUT2D eigenvalue weighted by Gasteiger charge is 2.23. The summed E-state index contributed by atoms with van der Waals surface area (Å²) in [5.74, 6) is 1.02. The van der Waals surface area contributed by atoms with E-state index >= 15 is 0 Å². The molecule has 0 radical (unpaired) electrons. The lowest BCUT2D eigenvalue weighted by Gasteiger charge is -2.36. The van der Waals surface area contributed by atoms with Crippen LogP contribution in [0.1, 0.15) is 12.8 Å². The van der Waals surface area contributed by atoms with Gasteiger partial charge < -0.3 is 9.80 Å². The molecule has 1 aliphatic heterocycles. The van der Waals surface area contributed by atoms with Crippen molar-refractivity contribution in [3.05, 3.63) is 21.2 Å². The number of anilines is 1. The van der Waals surface area contributed by atoms with Gasteiger partial charge in [-0.2, -0.15) is 0 Å². The molecule has 17 heavy (non-hydrogen) atoms. The van der Waals surface area contributed by atoms with Gasteiger partial charge in [0.1, 0.15) is 5.82 Å². The molecule has 0 spiro atoms. The number of pyridine rings is 1. The average Bonchev–Trinajstić information content (AvgIpc) is 2.28. The molecular weight excluding hydrogens is 346 g/mol. The first-order valence-corrected chi connectivity index (χ1v) is 7.39. The summed E-state index contributed by atoms with van der Waals surface area (Å²) in [7, 11) is 4.31. The van der Waals surface area contributed by atoms with E-state index in [0.29, 0.717) is 6.04 Å². The fourth-order valence-corrected chi connectivity index (χ4v) is 3.56. The highest BCUT2D eigenvalue weighted by molar-refractivity contribution is 9.11. The Morgan fingerprint density at radius 1 is 1.47 bits per heavy atom. The van der Waals surface area contributed by atoms with E-state index in [4.69, 9.17) is 0 Å². The van der Waals surface area contributed by atoms with Crippen LogP contribution in [0, 0.1) is 0 Å². The molecular formula is C12H17Br2N3. The van der Waals surface area contributed by atoms with Crippen LogP contribution in [0.2, 0.25) is 0 Å². The number of piperidine rings is 1. The molecule has 1 saturated heterocycles. The summed E-state index contributed by atoms with van der Waals surface area (Å²) in [6.07, 6.45) is 4.35.